The Morgan fingerprint density at radius 1 is 1.00 bits per heavy atom. The maximum absolute atomic E-state index is 11.9. The van der Waals surface area contributed by atoms with Crippen LogP contribution < -0.4 is 9.47 Å². The zero-order chi connectivity index (χ0) is 21.4. The molecular weight excluding hydrogens is 380 g/mol. The molecule has 0 unspecified atom stereocenters. The predicted octanol–water partition coefficient (Wildman–Crippen LogP) is 2.42. The number of aromatic hydroxyl groups is 2. The molecule has 2 aromatic carbocycles. The van der Waals surface area contributed by atoms with Crippen LogP contribution in [0.3, 0.4) is 0 Å². The lowest BCUT2D eigenvalue weighted by Gasteiger charge is -2.22. The Morgan fingerprint density at radius 3 is 2.34 bits per heavy atom. The summed E-state index contributed by atoms with van der Waals surface area (Å²) < 4.78 is 20.8. The van der Waals surface area contributed by atoms with E-state index in [1.165, 1.54) is 45.6 Å². The smallest absolute Gasteiger partial charge is 0.330 e. The van der Waals surface area contributed by atoms with Gasteiger partial charge in [0, 0.05) is 13.2 Å². The van der Waals surface area contributed by atoms with Crippen LogP contribution in [0.2, 0.25) is 0 Å². The van der Waals surface area contributed by atoms with Gasteiger partial charge >= 0.3 is 5.97 Å². The Balaban J connectivity index is 1.98. The third-order valence-corrected chi connectivity index (χ3v) is 4.15. The van der Waals surface area contributed by atoms with Gasteiger partial charge in [0.1, 0.15) is 18.8 Å². The highest BCUT2D eigenvalue weighted by molar-refractivity contribution is 5.87. The summed E-state index contributed by atoms with van der Waals surface area (Å²) in [4.78, 5) is 11.9. The van der Waals surface area contributed by atoms with E-state index >= 15 is 0 Å². The second-order valence-electron chi connectivity index (χ2n) is 6.05. The zero-order valence-electron chi connectivity index (χ0n) is 16.4. The second-order valence-corrected chi connectivity index (χ2v) is 6.05. The zero-order valence-corrected chi connectivity index (χ0v) is 16.4. The van der Waals surface area contributed by atoms with Gasteiger partial charge < -0.3 is 34.3 Å². The lowest BCUT2D eigenvalue weighted by molar-refractivity contribution is -0.143. The minimum absolute atomic E-state index is 0.256. The molecule has 3 N–H and O–H groups in total. The van der Waals surface area contributed by atoms with E-state index in [4.69, 9.17) is 18.9 Å². The quantitative estimate of drug-likeness (QED) is 0.332. The molecule has 8 nitrogen and oxygen atoms in total. The minimum Gasteiger partial charge on any atom is -0.504 e. The number of carbonyl (C=O) groups is 1. The minimum atomic E-state index is -1.12. The van der Waals surface area contributed by atoms with Crippen LogP contribution in [-0.4, -0.2) is 55.3 Å². The molecule has 0 amide bonds. The van der Waals surface area contributed by atoms with E-state index < -0.39 is 18.2 Å². The molecule has 29 heavy (non-hydrogen) atoms. The highest BCUT2D eigenvalue weighted by Gasteiger charge is 2.23. The van der Waals surface area contributed by atoms with Crippen molar-refractivity contribution in [3.63, 3.8) is 0 Å². The van der Waals surface area contributed by atoms with Gasteiger partial charge in [-0.1, -0.05) is 12.1 Å². The van der Waals surface area contributed by atoms with Gasteiger partial charge in [0.25, 0.3) is 0 Å². The fraction of sp³-hybridized carbons (Fsp3) is 0.286. The fourth-order valence-electron chi connectivity index (χ4n) is 2.66. The maximum atomic E-state index is 11.9. The average molecular weight is 404 g/mol. The molecule has 0 saturated carbocycles. The molecule has 0 aliphatic rings. The number of benzene rings is 2. The number of phenols is 2. The van der Waals surface area contributed by atoms with E-state index in [1.807, 2.05) is 0 Å². The van der Waals surface area contributed by atoms with Crippen LogP contribution in [0.1, 0.15) is 17.2 Å². The molecule has 2 aromatic rings. The third kappa shape index (κ3) is 5.87. The number of rotatable bonds is 9. The molecule has 0 heterocycles. The normalized spacial score (nSPS) is 13.1. The van der Waals surface area contributed by atoms with Crippen LogP contribution >= 0.6 is 0 Å². The number of aliphatic hydroxyl groups excluding tert-OH is 1. The van der Waals surface area contributed by atoms with Crippen LogP contribution in [0.15, 0.2) is 42.5 Å². The van der Waals surface area contributed by atoms with Crippen molar-refractivity contribution in [3.05, 3.63) is 53.6 Å². The summed E-state index contributed by atoms with van der Waals surface area (Å²) in [6.45, 7) is -0.295. The fourth-order valence-corrected chi connectivity index (χ4v) is 2.66. The Kier molecular flexibility index (Phi) is 7.88. The van der Waals surface area contributed by atoms with E-state index in [1.54, 1.807) is 18.2 Å². The van der Waals surface area contributed by atoms with Crippen LogP contribution in [0.5, 0.6) is 23.0 Å². The maximum Gasteiger partial charge on any atom is 0.330 e. The van der Waals surface area contributed by atoms with Gasteiger partial charge in [0.2, 0.25) is 0 Å². The molecule has 2 atom stereocenters. The van der Waals surface area contributed by atoms with Gasteiger partial charge in [-0.05, 0) is 41.5 Å². The highest BCUT2D eigenvalue weighted by Crippen LogP contribution is 2.32. The molecule has 156 valence electrons. The van der Waals surface area contributed by atoms with E-state index in [0.29, 0.717) is 22.6 Å². The van der Waals surface area contributed by atoms with Crippen molar-refractivity contribution < 1.29 is 39.1 Å². The molecule has 0 spiro atoms. The van der Waals surface area contributed by atoms with E-state index in [0.717, 1.165) is 6.08 Å². The van der Waals surface area contributed by atoms with Gasteiger partial charge in [0.15, 0.2) is 23.0 Å². The summed E-state index contributed by atoms with van der Waals surface area (Å²) in [7, 11) is 4.46. The number of hydrogen-bond acceptors (Lipinski definition) is 8. The molecule has 0 bridgehead atoms. The first-order valence-electron chi connectivity index (χ1n) is 8.69. The Labute approximate surface area is 168 Å². The molecule has 8 heteroatoms. The Hall–Kier alpha value is -3.23. The summed E-state index contributed by atoms with van der Waals surface area (Å²) in [5, 5.41) is 29.1. The summed E-state index contributed by atoms with van der Waals surface area (Å²) in [5.74, 6) is -0.213. The summed E-state index contributed by atoms with van der Waals surface area (Å²) in [6, 6.07) is 9.20. The topological polar surface area (TPSA) is 115 Å². The van der Waals surface area contributed by atoms with Crippen molar-refractivity contribution in [2.24, 2.45) is 0 Å². The number of esters is 1. The van der Waals surface area contributed by atoms with Gasteiger partial charge in [0.05, 0.1) is 14.2 Å². The number of aliphatic hydroxyl groups is 1. The summed E-state index contributed by atoms with van der Waals surface area (Å²) in [5.41, 5.74) is 1.13. The first-order valence-corrected chi connectivity index (χ1v) is 8.69. The number of methoxy groups -OCH3 is 3. The Bertz CT molecular complexity index is 862. The van der Waals surface area contributed by atoms with Crippen molar-refractivity contribution in [1.29, 1.82) is 0 Å². The lowest BCUT2D eigenvalue weighted by Crippen LogP contribution is -2.26. The van der Waals surface area contributed by atoms with E-state index in [9.17, 15) is 20.1 Å². The van der Waals surface area contributed by atoms with Crippen LogP contribution in [0.4, 0.5) is 0 Å². The number of phenolic OH excluding ortho intramolecular Hbond substituents is 2. The number of ether oxygens (including phenoxy) is 4. The van der Waals surface area contributed by atoms with Crippen LogP contribution in [0, 0.1) is 0 Å². The molecule has 0 aromatic heterocycles. The molecule has 0 aliphatic heterocycles. The molecule has 0 radical (unpaired) electrons. The SMILES string of the molecule is COc1ccc([C@H](OC)[C@H](O)COC(=O)/C=C/c2ccc(O)c(O)c2)cc1OC. The largest absolute Gasteiger partial charge is 0.504 e. The standard InChI is InChI=1S/C21H24O8/c1-26-18-8-6-14(11-19(18)27-2)21(28-3)17(24)12-29-20(25)9-5-13-4-7-15(22)16(23)10-13/h4-11,17,21-24H,12H2,1-3H3/b9-5+/t17-,21+/m1/s1. The predicted molar refractivity (Wildman–Crippen MR) is 105 cm³/mol. The van der Waals surface area contributed by atoms with Crippen molar-refractivity contribution in [3.8, 4) is 23.0 Å². The van der Waals surface area contributed by atoms with Crippen LogP contribution in [0.25, 0.3) is 6.08 Å². The van der Waals surface area contributed by atoms with Gasteiger partial charge in [-0.3, -0.25) is 0 Å². The van der Waals surface area contributed by atoms with Crippen LogP contribution in [-0.2, 0) is 14.3 Å². The third-order valence-electron chi connectivity index (χ3n) is 4.15. The first kappa shape index (κ1) is 22.1. The second kappa shape index (κ2) is 10.4. The van der Waals surface area contributed by atoms with Crippen molar-refractivity contribution in [2.75, 3.05) is 27.9 Å². The summed E-state index contributed by atoms with van der Waals surface area (Å²) >= 11 is 0. The average Bonchev–Trinajstić information content (AvgIpc) is 2.73. The number of hydrogen-bond donors (Lipinski definition) is 3. The van der Waals surface area contributed by atoms with E-state index in [-0.39, 0.29) is 18.1 Å². The molecule has 2 rings (SSSR count). The van der Waals surface area contributed by atoms with Gasteiger partial charge in [-0.15, -0.1) is 0 Å². The molecule has 0 fully saturated rings. The van der Waals surface area contributed by atoms with Gasteiger partial charge in [-0.2, -0.15) is 0 Å². The molecule has 0 saturated heterocycles. The van der Waals surface area contributed by atoms with Crippen molar-refractivity contribution >= 4 is 12.0 Å². The van der Waals surface area contributed by atoms with Crippen molar-refractivity contribution in [2.45, 2.75) is 12.2 Å². The molecule has 0 aliphatic carbocycles. The monoisotopic (exact) mass is 404 g/mol. The van der Waals surface area contributed by atoms with Gasteiger partial charge in [-0.25, -0.2) is 4.79 Å². The lowest BCUT2D eigenvalue weighted by atomic mass is 10.0. The van der Waals surface area contributed by atoms with Crippen molar-refractivity contribution in [1.82, 2.24) is 0 Å². The van der Waals surface area contributed by atoms with E-state index in [2.05, 4.69) is 0 Å². The summed E-state index contributed by atoms with van der Waals surface area (Å²) in [6.07, 6.45) is 0.695. The molecular formula is C21H24O8. The first-order chi connectivity index (χ1) is 13.9. The number of carbonyl (C=O) groups excluding carboxylic acids is 1. The Morgan fingerprint density at radius 2 is 1.72 bits per heavy atom. The highest BCUT2D eigenvalue weighted by atomic mass is 16.5.